The molecule has 1 aliphatic carbocycles. The minimum absolute atomic E-state index is 0.150. The van der Waals surface area contributed by atoms with Gasteiger partial charge < -0.3 is 15.3 Å². The highest BCUT2D eigenvalue weighted by Crippen LogP contribution is 2.32. The molecule has 2 N–H and O–H groups in total. The van der Waals surface area contributed by atoms with Gasteiger partial charge in [0.25, 0.3) is 0 Å². The third-order valence-electron chi connectivity index (χ3n) is 5.17. The van der Waals surface area contributed by atoms with E-state index in [4.69, 9.17) is 0 Å². The molecule has 1 saturated heterocycles. The normalized spacial score (nSPS) is 27.7. The number of hydrogen-bond acceptors (Lipinski definition) is 3. The Bertz CT molecular complexity index is 446. The zero-order chi connectivity index (χ0) is 15.4. The molecule has 3 atom stereocenters. The molecular formula is C19H30N2O. The summed E-state index contributed by atoms with van der Waals surface area (Å²) in [7, 11) is 0. The smallest absolute Gasteiger partial charge is 0.0578 e. The number of likely N-dealkylation sites (tertiary alicyclic amines) is 1. The molecule has 0 bridgehead atoms. The van der Waals surface area contributed by atoms with Crippen LogP contribution in [-0.2, 0) is 6.54 Å². The summed E-state index contributed by atoms with van der Waals surface area (Å²) in [5.74, 6) is 1.35. The first-order chi connectivity index (χ1) is 10.7. The Kier molecular flexibility index (Phi) is 5.51. The molecule has 3 rings (SSSR count). The predicted octanol–water partition coefficient (Wildman–Crippen LogP) is 2.65. The summed E-state index contributed by atoms with van der Waals surface area (Å²) in [4.78, 5) is 2.59. The summed E-state index contributed by atoms with van der Waals surface area (Å²) in [6.45, 7) is 6.47. The van der Waals surface area contributed by atoms with Crippen molar-refractivity contribution >= 4 is 0 Å². The average Bonchev–Trinajstić information content (AvgIpc) is 3.37. The minimum atomic E-state index is -0.150. The fraction of sp³-hybridized carbons (Fsp3) is 0.684. The van der Waals surface area contributed by atoms with E-state index in [9.17, 15) is 5.11 Å². The van der Waals surface area contributed by atoms with Gasteiger partial charge in [0, 0.05) is 32.2 Å². The number of aliphatic hydroxyl groups excluding tert-OH is 1. The molecule has 0 aromatic heterocycles. The second kappa shape index (κ2) is 7.58. The van der Waals surface area contributed by atoms with Gasteiger partial charge in [-0.3, -0.25) is 0 Å². The van der Waals surface area contributed by atoms with Gasteiger partial charge in [-0.25, -0.2) is 0 Å². The molecule has 1 aromatic carbocycles. The van der Waals surface area contributed by atoms with Crippen molar-refractivity contribution in [1.82, 2.24) is 10.2 Å². The molecule has 122 valence electrons. The summed E-state index contributed by atoms with van der Waals surface area (Å²) >= 11 is 0. The maximum Gasteiger partial charge on any atom is 0.0578 e. The lowest BCUT2D eigenvalue weighted by Crippen LogP contribution is -2.51. The van der Waals surface area contributed by atoms with Crippen molar-refractivity contribution in [3.63, 3.8) is 0 Å². The largest absolute Gasteiger partial charge is 0.393 e. The van der Waals surface area contributed by atoms with Crippen LogP contribution in [0.1, 0.15) is 38.2 Å². The molecule has 1 aliphatic heterocycles. The molecule has 1 heterocycles. The Balaban J connectivity index is 1.56. The molecule has 2 aliphatic rings. The van der Waals surface area contributed by atoms with Crippen molar-refractivity contribution in [3.8, 4) is 0 Å². The van der Waals surface area contributed by atoms with Crippen molar-refractivity contribution in [1.29, 1.82) is 0 Å². The molecule has 3 nitrogen and oxygen atoms in total. The fourth-order valence-electron chi connectivity index (χ4n) is 3.67. The second-order valence-electron chi connectivity index (χ2n) is 7.20. The summed E-state index contributed by atoms with van der Waals surface area (Å²) in [6.07, 6.45) is 4.62. The molecule has 2 fully saturated rings. The van der Waals surface area contributed by atoms with Gasteiger partial charge in [-0.2, -0.15) is 0 Å². The number of hydrogen-bond donors (Lipinski definition) is 2. The first-order valence-corrected chi connectivity index (χ1v) is 8.92. The highest BCUT2D eigenvalue weighted by molar-refractivity contribution is 5.14. The maximum absolute atomic E-state index is 10.3. The molecule has 0 spiro atoms. The van der Waals surface area contributed by atoms with Crippen LogP contribution in [0.3, 0.4) is 0 Å². The Hall–Kier alpha value is -0.900. The zero-order valence-electron chi connectivity index (χ0n) is 13.7. The van der Waals surface area contributed by atoms with E-state index < -0.39 is 0 Å². The van der Waals surface area contributed by atoms with E-state index in [0.29, 0.717) is 12.0 Å². The number of nitrogens with one attached hydrogen (secondary N) is 1. The van der Waals surface area contributed by atoms with Gasteiger partial charge in [0.2, 0.25) is 0 Å². The van der Waals surface area contributed by atoms with Crippen LogP contribution in [0.25, 0.3) is 0 Å². The monoisotopic (exact) mass is 302 g/mol. The van der Waals surface area contributed by atoms with Gasteiger partial charge in [-0.05, 0) is 43.1 Å². The fourth-order valence-corrected chi connectivity index (χ4v) is 3.67. The van der Waals surface area contributed by atoms with Crippen LogP contribution in [0.15, 0.2) is 30.3 Å². The van der Waals surface area contributed by atoms with E-state index in [2.05, 4.69) is 47.5 Å². The minimum Gasteiger partial charge on any atom is -0.393 e. The van der Waals surface area contributed by atoms with E-state index in [1.807, 2.05) is 0 Å². The van der Waals surface area contributed by atoms with Gasteiger partial charge in [0.15, 0.2) is 0 Å². The van der Waals surface area contributed by atoms with Crippen molar-refractivity contribution in [2.24, 2.45) is 11.8 Å². The van der Waals surface area contributed by atoms with Crippen LogP contribution in [0.2, 0.25) is 0 Å². The van der Waals surface area contributed by atoms with Crippen LogP contribution < -0.4 is 5.32 Å². The van der Waals surface area contributed by atoms with Crippen LogP contribution in [0.4, 0.5) is 0 Å². The first kappa shape index (κ1) is 16.0. The first-order valence-electron chi connectivity index (χ1n) is 8.92. The lowest BCUT2D eigenvalue weighted by molar-refractivity contribution is 0.0337. The average molecular weight is 302 g/mol. The Morgan fingerprint density at radius 2 is 2.00 bits per heavy atom. The lowest BCUT2D eigenvalue weighted by atomic mass is 9.88. The quantitative estimate of drug-likeness (QED) is 0.813. The summed E-state index contributed by atoms with van der Waals surface area (Å²) in [6, 6.07) is 11.1. The number of benzene rings is 1. The molecule has 1 aromatic rings. The molecule has 22 heavy (non-hydrogen) atoms. The Morgan fingerprint density at radius 3 is 2.68 bits per heavy atom. The van der Waals surface area contributed by atoms with Crippen molar-refractivity contribution in [3.05, 3.63) is 35.9 Å². The van der Waals surface area contributed by atoms with Crippen molar-refractivity contribution < 1.29 is 5.11 Å². The number of aliphatic hydroxyl groups is 1. The lowest BCUT2D eigenvalue weighted by Gasteiger charge is -2.40. The van der Waals surface area contributed by atoms with Crippen LogP contribution in [0.5, 0.6) is 0 Å². The van der Waals surface area contributed by atoms with Gasteiger partial charge in [0.05, 0.1) is 6.10 Å². The highest BCUT2D eigenvalue weighted by Gasteiger charge is 2.33. The van der Waals surface area contributed by atoms with E-state index in [-0.39, 0.29) is 6.10 Å². The summed E-state index contributed by atoms with van der Waals surface area (Å²) in [5.41, 5.74) is 1.34. The molecular weight excluding hydrogens is 272 g/mol. The van der Waals surface area contributed by atoms with Gasteiger partial charge in [-0.15, -0.1) is 0 Å². The maximum atomic E-state index is 10.3. The van der Waals surface area contributed by atoms with Gasteiger partial charge in [-0.1, -0.05) is 37.3 Å². The highest BCUT2D eigenvalue weighted by atomic mass is 16.3. The molecule has 0 radical (unpaired) electrons. The summed E-state index contributed by atoms with van der Waals surface area (Å²) in [5, 5.41) is 14.0. The Morgan fingerprint density at radius 1 is 1.23 bits per heavy atom. The standard InChI is InChI=1S/C19H30N2O/c1-2-19(22)17-10-18(14-21(13-17)12-16-8-9-16)20-11-15-6-4-3-5-7-15/h3-7,16-20,22H,2,8-14H2,1H3. The van der Waals surface area contributed by atoms with Gasteiger partial charge >= 0.3 is 0 Å². The SMILES string of the molecule is CCC(O)C1CC(NCc2ccccc2)CN(CC2CC2)C1. The third kappa shape index (κ3) is 4.55. The van der Waals surface area contributed by atoms with Crippen LogP contribution in [0, 0.1) is 11.8 Å². The van der Waals surface area contributed by atoms with Crippen molar-refractivity contribution in [2.75, 3.05) is 19.6 Å². The zero-order valence-corrected chi connectivity index (χ0v) is 13.7. The Labute approximate surface area is 134 Å². The number of rotatable bonds is 7. The second-order valence-corrected chi connectivity index (χ2v) is 7.20. The molecule has 0 amide bonds. The molecule has 3 heteroatoms. The van der Waals surface area contributed by atoms with Crippen molar-refractivity contribution in [2.45, 2.75) is 51.3 Å². The van der Waals surface area contributed by atoms with Crippen LogP contribution in [-0.4, -0.2) is 41.8 Å². The van der Waals surface area contributed by atoms with Gasteiger partial charge in [0.1, 0.15) is 0 Å². The van der Waals surface area contributed by atoms with E-state index in [0.717, 1.165) is 38.4 Å². The predicted molar refractivity (Wildman–Crippen MR) is 90.6 cm³/mol. The van der Waals surface area contributed by atoms with E-state index in [1.165, 1.54) is 24.9 Å². The van der Waals surface area contributed by atoms with Crippen LogP contribution >= 0.6 is 0 Å². The number of piperidine rings is 1. The molecule has 3 unspecified atom stereocenters. The summed E-state index contributed by atoms with van der Waals surface area (Å²) < 4.78 is 0. The molecule has 1 saturated carbocycles. The third-order valence-corrected chi connectivity index (χ3v) is 5.17. The number of nitrogens with zero attached hydrogens (tertiary/aromatic N) is 1. The van der Waals surface area contributed by atoms with E-state index >= 15 is 0 Å². The van der Waals surface area contributed by atoms with E-state index in [1.54, 1.807) is 0 Å². The topological polar surface area (TPSA) is 35.5 Å².